The molecule has 0 atom stereocenters. The Balaban J connectivity index is 2.08. The van der Waals surface area contributed by atoms with Crippen LogP contribution in [-0.2, 0) is 0 Å². The van der Waals surface area contributed by atoms with E-state index in [9.17, 15) is 4.39 Å². The van der Waals surface area contributed by atoms with Crippen molar-refractivity contribution in [1.29, 1.82) is 0 Å². The van der Waals surface area contributed by atoms with E-state index >= 15 is 0 Å². The average molecular weight is 268 g/mol. The van der Waals surface area contributed by atoms with Gasteiger partial charge in [-0.15, -0.1) is 0 Å². The fraction of sp³-hybridized carbons (Fsp3) is 0.235. The zero-order chi connectivity index (χ0) is 14.1. The second-order valence-corrected chi connectivity index (χ2v) is 5.23. The van der Waals surface area contributed by atoms with Crippen LogP contribution in [0.3, 0.4) is 0 Å². The van der Waals surface area contributed by atoms with Gasteiger partial charge >= 0.3 is 0 Å². The molecule has 0 bridgehead atoms. The van der Waals surface area contributed by atoms with Crippen LogP contribution in [0.25, 0.3) is 17.2 Å². The number of halogens is 1. The molecular formula is C17H17FN2. The summed E-state index contributed by atoms with van der Waals surface area (Å²) >= 11 is 0. The van der Waals surface area contributed by atoms with Crippen LogP contribution in [0.5, 0.6) is 0 Å². The number of benzene rings is 1. The third kappa shape index (κ3) is 2.09. The molecule has 0 radical (unpaired) electrons. The van der Waals surface area contributed by atoms with E-state index in [1.165, 1.54) is 6.42 Å². The Morgan fingerprint density at radius 1 is 1.25 bits per heavy atom. The lowest BCUT2D eigenvalue weighted by atomic mass is 9.77. The molecule has 1 fully saturated rings. The maximum atomic E-state index is 14.7. The van der Waals surface area contributed by atoms with Crippen molar-refractivity contribution >= 4 is 11.9 Å². The lowest BCUT2D eigenvalue weighted by Crippen LogP contribution is -2.11. The molecule has 1 aromatic carbocycles. The lowest BCUT2D eigenvalue weighted by Gasteiger charge is -2.28. The van der Waals surface area contributed by atoms with Gasteiger partial charge in [0.25, 0.3) is 0 Å². The summed E-state index contributed by atoms with van der Waals surface area (Å²) in [5, 5.41) is 0. The second kappa shape index (κ2) is 5.08. The molecule has 0 aliphatic heterocycles. The van der Waals surface area contributed by atoms with Crippen molar-refractivity contribution in [1.82, 2.24) is 4.98 Å². The first-order chi connectivity index (χ1) is 9.70. The van der Waals surface area contributed by atoms with E-state index in [1.54, 1.807) is 24.4 Å². The van der Waals surface area contributed by atoms with Crippen molar-refractivity contribution in [3.05, 3.63) is 54.0 Å². The van der Waals surface area contributed by atoms with Crippen molar-refractivity contribution in [3.63, 3.8) is 0 Å². The molecule has 0 saturated heterocycles. The van der Waals surface area contributed by atoms with Gasteiger partial charge in [0.2, 0.25) is 0 Å². The molecule has 1 aliphatic carbocycles. The van der Waals surface area contributed by atoms with Gasteiger partial charge in [-0.3, -0.25) is 0 Å². The fourth-order valence-electron chi connectivity index (χ4n) is 2.68. The molecule has 102 valence electrons. The van der Waals surface area contributed by atoms with Crippen molar-refractivity contribution in [2.75, 3.05) is 5.73 Å². The Morgan fingerprint density at radius 3 is 2.60 bits per heavy atom. The van der Waals surface area contributed by atoms with Gasteiger partial charge in [0.15, 0.2) is 0 Å². The summed E-state index contributed by atoms with van der Waals surface area (Å²) in [7, 11) is 0. The average Bonchev–Trinajstić information content (AvgIpc) is 2.39. The summed E-state index contributed by atoms with van der Waals surface area (Å²) in [5.74, 6) is 0.705. The minimum absolute atomic E-state index is 0.212. The third-order valence-corrected chi connectivity index (χ3v) is 4.06. The van der Waals surface area contributed by atoms with Gasteiger partial charge in [0.05, 0.1) is 0 Å². The minimum Gasteiger partial charge on any atom is -0.384 e. The number of nitrogen functional groups attached to an aromatic ring is 1. The summed E-state index contributed by atoms with van der Waals surface area (Å²) in [6.07, 6.45) is 6.74. The van der Waals surface area contributed by atoms with Crippen LogP contribution >= 0.6 is 0 Å². The van der Waals surface area contributed by atoms with Gasteiger partial charge in [-0.1, -0.05) is 31.2 Å². The second-order valence-electron chi connectivity index (χ2n) is 5.23. The van der Waals surface area contributed by atoms with Crippen LogP contribution in [-0.4, -0.2) is 4.98 Å². The number of anilines is 1. The first-order valence-corrected chi connectivity index (χ1v) is 6.87. The topological polar surface area (TPSA) is 38.9 Å². The Kier molecular flexibility index (Phi) is 3.26. The molecule has 1 heterocycles. The smallest absolute Gasteiger partial charge is 0.138 e. The lowest BCUT2D eigenvalue weighted by molar-refractivity contribution is 0.417. The van der Waals surface area contributed by atoms with E-state index in [-0.39, 0.29) is 5.82 Å². The Labute approximate surface area is 118 Å². The molecule has 0 unspecified atom stereocenters. The van der Waals surface area contributed by atoms with Gasteiger partial charge in [0, 0.05) is 22.9 Å². The zero-order valence-corrected chi connectivity index (χ0v) is 11.3. The SMILES string of the molecule is C=Cc1c(C2CCC2)ccc(-c2ccc(N)nc2)c1F. The third-order valence-electron chi connectivity index (χ3n) is 4.06. The highest BCUT2D eigenvalue weighted by Gasteiger charge is 2.24. The standard InChI is InChI=1S/C17H17FN2/c1-2-13-14(11-4-3-5-11)7-8-15(17(13)18)12-6-9-16(19)20-10-12/h2,6-11H,1,3-5H2,(H2,19,20). The van der Waals surface area contributed by atoms with E-state index < -0.39 is 0 Å². The van der Waals surface area contributed by atoms with Crippen molar-refractivity contribution in [2.24, 2.45) is 0 Å². The molecular weight excluding hydrogens is 251 g/mol. The number of aromatic nitrogens is 1. The van der Waals surface area contributed by atoms with E-state index in [2.05, 4.69) is 11.6 Å². The predicted octanol–water partition coefficient (Wildman–Crippen LogP) is 4.38. The molecule has 1 aromatic heterocycles. The molecule has 3 heteroatoms. The number of pyridine rings is 1. The van der Waals surface area contributed by atoms with Gasteiger partial charge in [-0.25, -0.2) is 9.37 Å². The number of nitrogens with zero attached hydrogens (tertiary/aromatic N) is 1. The summed E-state index contributed by atoms with van der Waals surface area (Å²) < 4.78 is 14.7. The molecule has 1 aliphatic rings. The van der Waals surface area contributed by atoms with Gasteiger partial charge < -0.3 is 5.73 Å². The largest absolute Gasteiger partial charge is 0.384 e. The molecule has 0 amide bonds. The van der Waals surface area contributed by atoms with Crippen LogP contribution in [0.2, 0.25) is 0 Å². The van der Waals surface area contributed by atoms with Crippen LogP contribution < -0.4 is 5.73 Å². The minimum atomic E-state index is -0.212. The van der Waals surface area contributed by atoms with Crippen molar-refractivity contribution < 1.29 is 4.39 Å². The monoisotopic (exact) mass is 268 g/mol. The van der Waals surface area contributed by atoms with Gasteiger partial charge in [-0.2, -0.15) is 0 Å². The first-order valence-electron chi connectivity index (χ1n) is 6.87. The van der Waals surface area contributed by atoms with Crippen LogP contribution in [0.15, 0.2) is 37.0 Å². The van der Waals surface area contributed by atoms with Crippen LogP contribution in [0.4, 0.5) is 10.2 Å². The molecule has 3 rings (SSSR count). The summed E-state index contributed by atoms with van der Waals surface area (Å²) in [6, 6.07) is 7.33. The number of nitrogens with two attached hydrogens (primary N) is 1. The summed E-state index contributed by atoms with van der Waals surface area (Å²) in [4.78, 5) is 4.02. The Bertz CT molecular complexity index is 643. The van der Waals surface area contributed by atoms with Crippen LogP contribution in [0.1, 0.15) is 36.3 Å². The maximum Gasteiger partial charge on any atom is 0.138 e. The summed E-state index contributed by atoms with van der Waals surface area (Å²) in [5.41, 5.74) is 8.56. The maximum absolute atomic E-state index is 14.7. The van der Waals surface area contributed by atoms with E-state index in [0.29, 0.717) is 22.9 Å². The molecule has 20 heavy (non-hydrogen) atoms. The normalized spacial score (nSPS) is 14.8. The number of rotatable bonds is 3. The number of hydrogen-bond acceptors (Lipinski definition) is 2. The molecule has 1 saturated carbocycles. The van der Waals surface area contributed by atoms with Crippen LogP contribution in [0, 0.1) is 5.82 Å². The number of hydrogen-bond donors (Lipinski definition) is 1. The highest BCUT2D eigenvalue weighted by molar-refractivity contribution is 5.70. The van der Waals surface area contributed by atoms with Gasteiger partial charge in [-0.05, 0) is 36.5 Å². The van der Waals surface area contributed by atoms with E-state index in [1.807, 2.05) is 12.1 Å². The predicted molar refractivity (Wildman–Crippen MR) is 80.7 cm³/mol. The molecule has 2 aromatic rings. The van der Waals surface area contributed by atoms with Gasteiger partial charge in [0.1, 0.15) is 11.6 Å². The first kappa shape index (κ1) is 12.9. The van der Waals surface area contributed by atoms with Crippen molar-refractivity contribution in [2.45, 2.75) is 25.2 Å². The molecule has 2 N–H and O–H groups in total. The fourth-order valence-corrected chi connectivity index (χ4v) is 2.68. The highest BCUT2D eigenvalue weighted by atomic mass is 19.1. The van der Waals surface area contributed by atoms with E-state index in [0.717, 1.165) is 24.0 Å². The molecule has 2 nitrogen and oxygen atoms in total. The Hall–Kier alpha value is -2.16. The summed E-state index contributed by atoms with van der Waals surface area (Å²) in [6.45, 7) is 3.77. The van der Waals surface area contributed by atoms with Crippen molar-refractivity contribution in [3.8, 4) is 11.1 Å². The molecule has 0 spiro atoms. The Morgan fingerprint density at radius 2 is 2.05 bits per heavy atom. The highest BCUT2D eigenvalue weighted by Crippen LogP contribution is 2.40. The zero-order valence-electron chi connectivity index (χ0n) is 11.3. The quantitative estimate of drug-likeness (QED) is 0.897. The van der Waals surface area contributed by atoms with E-state index in [4.69, 9.17) is 5.73 Å².